The molecule has 0 radical (unpaired) electrons. The number of esters is 2. The topological polar surface area (TPSA) is 71.1 Å². The van der Waals surface area contributed by atoms with Gasteiger partial charge in [-0.15, -0.1) is 0 Å². The van der Waals surface area contributed by atoms with Crippen molar-refractivity contribution in [3.05, 3.63) is 35.7 Å². The van der Waals surface area contributed by atoms with Gasteiger partial charge < -0.3 is 18.3 Å². The Hall–Kier alpha value is -1.49. The number of rotatable bonds is 10. The van der Waals surface area contributed by atoms with Gasteiger partial charge in [-0.2, -0.15) is 0 Å². The summed E-state index contributed by atoms with van der Waals surface area (Å²) in [7, 11) is 1.98. The summed E-state index contributed by atoms with van der Waals surface area (Å²) < 4.78 is 19.5. The number of carbonyl (C=O) groups excluding carboxylic acids is 2. The molecule has 0 spiro atoms. The Morgan fingerprint density at radius 2 is 1.25 bits per heavy atom. The van der Waals surface area contributed by atoms with Gasteiger partial charge in [0.15, 0.2) is 19.5 Å². The Bertz CT molecular complexity index is 331. The molecule has 0 amide bonds. The summed E-state index contributed by atoms with van der Waals surface area (Å²) in [5.41, 5.74) is 3.72. The van der Waals surface area contributed by atoms with Crippen molar-refractivity contribution in [3.63, 3.8) is 0 Å². The van der Waals surface area contributed by atoms with Crippen LogP contribution in [0, 0.1) is 0 Å². The molecule has 0 saturated carbocycles. The Labute approximate surface area is 123 Å². The molecule has 0 bridgehead atoms. The average molecular weight is 316 g/mol. The zero-order chi connectivity index (χ0) is 15.1. The van der Waals surface area contributed by atoms with Crippen LogP contribution in [0.25, 0.3) is 0 Å². The highest BCUT2D eigenvalue weighted by Gasteiger charge is 1.98. The molecule has 0 saturated heterocycles. The Balaban J connectivity index is 3.74. The number of carbonyl (C=O) groups is 2. The van der Waals surface area contributed by atoms with E-state index in [2.05, 4.69) is 0 Å². The third-order valence-electron chi connectivity index (χ3n) is 1.86. The molecule has 0 unspecified atom stereocenters. The molecule has 20 heavy (non-hydrogen) atoms. The molecule has 0 aliphatic carbocycles. The predicted octanol–water partition coefficient (Wildman–Crippen LogP) is -0.883. The van der Waals surface area contributed by atoms with Gasteiger partial charge in [-0.1, -0.05) is 23.6 Å². The van der Waals surface area contributed by atoms with Crippen LogP contribution >= 0.6 is 0 Å². The van der Waals surface area contributed by atoms with E-state index in [1.54, 1.807) is 26.4 Å². The molecule has 112 valence electrons. The van der Waals surface area contributed by atoms with Crippen LogP contribution in [-0.2, 0) is 27.9 Å². The van der Waals surface area contributed by atoms with Gasteiger partial charge in [-0.05, 0) is 0 Å². The largest absolute Gasteiger partial charge is 0.458 e. The lowest BCUT2D eigenvalue weighted by atomic mass is 10.5. The van der Waals surface area contributed by atoms with Crippen LogP contribution < -0.4 is 0 Å². The lowest BCUT2D eigenvalue weighted by Gasteiger charge is -1.97. The molecule has 0 fully saturated rings. The highest BCUT2D eigenvalue weighted by molar-refractivity contribution is 6.34. The monoisotopic (exact) mass is 316 g/mol. The van der Waals surface area contributed by atoms with Crippen molar-refractivity contribution in [3.8, 4) is 0 Å². The minimum atomic E-state index is -0.640. The van der Waals surface area contributed by atoms with Crippen LogP contribution in [0.3, 0.4) is 0 Å². The molecule has 0 aromatic carbocycles. The summed E-state index contributed by atoms with van der Waals surface area (Å²) in [6.07, 6.45) is 5.50. The molecule has 0 atom stereocenters. The van der Waals surface area contributed by atoms with Crippen LogP contribution in [0.4, 0.5) is 0 Å². The summed E-state index contributed by atoms with van der Waals surface area (Å²) in [6, 6.07) is 0. The highest BCUT2D eigenvalue weighted by Crippen LogP contribution is 1.87. The van der Waals surface area contributed by atoms with Gasteiger partial charge in [0.2, 0.25) is 0 Å². The quantitative estimate of drug-likeness (QED) is 0.296. The fourth-order valence-electron chi connectivity index (χ4n) is 0.957. The molecule has 0 heterocycles. The van der Waals surface area contributed by atoms with Crippen LogP contribution in [0.5, 0.6) is 0 Å². The summed E-state index contributed by atoms with van der Waals surface area (Å²) in [6.45, 7) is 0.331. The van der Waals surface area contributed by atoms with E-state index >= 15 is 0 Å². The van der Waals surface area contributed by atoms with Crippen LogP contribution in [0.2, 0.25) is 0 Å². The first kappa shape index (κ1) is 18.5. The van der Waals surface area contributed by atoms with E-state index in [0.29, 0.717) is 0 Å². The summed E-state index contributed by atoms with van der Waals surface area (Å²) >= 11 is 0. The van der Waals surface area contributed by atoms with Crippen molar-refractivity contribution < 1.29 is 27.9 Å². The van der Waals surface area contributed by atoms with E-state index in [1.165, 1.54) is 0 Å². The summed E-state index contributed by atoms with van der Waals surface area (Å²) in [4.78, 5) is 22.4. The van der Waals surface area contributed by atoms with E-state index in [0.717, 1.165) is 12.2 Å². The maximum Gasteiger partial charge on any atom is 0.331 e. The van der Waals surface area contributed by atoms with Crippen LogP contribution in [0.1, 0.15) is 0 Å². The Morgan fingerprint density at radius 3 is 1.60 bits per heavy atom. The molecule has 8 heteroatoms. The molecule has 0 rings (SSSR count). The van der Waals surface area contributed by atoms with E-state index in [1.807, 2.05) is 11.4 Å². The zero-order valence-electron chi connectivity index (χ0n) is 11.7. The lowest BCUT2D eigenvalue weighted by molar-refractivity contribution is -0.139. The fraction of sp³-hybridized carbons (Fsp3) is 0.333. The molecule has 0 aromatic rings. The van der Waals surface area contributed by atoms with Gasteiger partial charge >= 0.3 is 11.9 Å². The SMILES string of the molecule is CO[SiH2]C=CCOC(=O)C=CC(=O)OCC=C[SiH2]OC. The first-order valence-electron chi connectivity index (χ1n) is 6.00. The van der Waals surface area contributed by atoms with E-state index in [-0.39, 0.29) is 13.2 Å². The molecular weight excluding hydrogens is 296 g/mol. The number of hydrogen-bond donors (Lipinski definition) is 0. The van der Waals surface area contributed by atoms with Crippen molar-refractivity contribution >= 4 is 31.5 Å². The average Bonchev–Trinajstić information content (AvgIpc) is 2.44. The van der Waals surface area contributed by atoms with E-state index < -0.39 is 31.5 Å². The van der Waals surface area contributed by atoms with Gasteiger partial charge in [-0.3, -0.25) is 0 Å². The third kappa shape index (κ3) is 13.0. The molecule has 6 nitrogen and oxygen atoms in total. The maximum absolute atomic E-state index is 11.2. The van der Waals surface area contributed by atoms with Crippen molar-refractivity contribution in [1.82, 2.24) is 0 Å². The van der Waals surface area contributed by atoms with Crippen molar-refractivity contribution in [2.45, 2.75) is 0 Å². The number of ether oxygens (including phenoxy) is 2. The first-order chi connectivity index (χ1) is 9.70. The smallest absolute Gasteiger partial charge is 0.331 e. The molecule has 0 aliphatic rings. The predicted molar refractivity (Wildman–Crippen MR) is 80.4 cm³/mol. The number of hydrogen-bond acceptors (Lipinski definition) is 6. The molecule has 0 aromatic heterocycles. The maximum atomic E-state index is 11.2. The minimum absolute atomic E-state index is 0.166. The van der Waals surface area contributed by atoms with Gasteiger partial charge in [0, 0.05) is 26.4 Å². The van der Waals surface area contributed by atoms with Gasteiger partial charge in [0.25, 0.3) is 0 Å². The standard InChI is InChI=1S/C12H20O6Si2/c1-15-19-9-3-7-17-11(13)5-6-12(14)18-8-4-10-20-16-2/h3-6,9-10H,7-8,19-20H2,1-2H3. The molecule has 0 aliphatic heterocycles. The van der Waals surface area contributed by atoms with E-state index in [9.17, 15) is 9.59 Å². The third-order valence-corrected chi connectivity index (χ3v) is 3.58. The van der Waals surface area contributed by atoms with Crippen LogP contribution in [-0.4, -0.2) is 58.9 Å². The van der Waals surface area contributed by atoms with E-state index in [4.69, 9.17) is 18.3 Å². The first-order valence-corrected chi connectivity index (χ1v) is 8.79. The van der Waals surface area contributed by atoms with Gasteiger partial charge in [0.05, 0.1) is 0 Å². The van der Waals surface area contributed by atoms with Crippen molar-refractivity contribution in [2.75, 3.05) is 27.4 Å². The highest BCUT2D eigenvalue weighted by atomic mass is 28.2. The summed E-state index contributed by atoms with van der Waals surface area (Å²) in [5, 5.41) is 0. The zero-order valence-corrected chi connectivity index (χ0v) is 14.6. The Kier molecular flexibility index (Phi) is 12.9. The van der Waals surface area contributed by atoms with Crippen LogP contribution in [0.15, 0.2) is 35.7 Å². The normalized spacial score (nSPS) is 12.7. The molecular formula is C12H20O6Si2. The lowest BCUT2D eigenvalue weighted by Crippen LogP contribution is -2.05. The second-order valence-electron chi connectivity index (χ2n) is 3.45. The van der Waals surface area contributed by atoms with Crippen molar-refractivity contribution in [1.29, 1.82) is 0 Å². The van der Waals surface area contributed by atoms with Gasteiger partial charge in [-0.25, -0.2) is 9.59 Å². The van der Waals surface area contributed by atoms with Gasteiger partial charge in [0.1, 0.15) is 13.2 Å². The second-order valence-corrected chi connectivity index (χ2v) is 6.21. The second kappa shape index (κ2) is 13.9. The summed E-state index contributed by atoms with van der Waals surface area (Å²) in [5.74, 6) is -1.18. The van der Waals surface area contributed by atoms with Crippen molar-refractivity contribution in [2.24, 2.45) is 0 Å². The minimum Gasteiger partial charge on any atom is -0.458 e. The molecule has 0 N–H and O–H groups in total. The Morgan fingerprint density at radius 1 is 0.850 bits per heavy atom. The fourth-order valence-corrected chi connectivity index (χ4v) is 1.89.